The van der Waals surface area contributed by atoms with E-state index < -0.39 is 11.2 Å². The van der Waals surface area contributed by atoms with E-state index in [9.17, 15) is 51.1 Å². The van der Waals surface area contributed by atoms with Crippen LogP contribution in [0.25, 0.3) is 0 Å². The average Bonchev–Trinajstić information content (AvgIpc) is 1.66. The number of benzene rings is 1. The van der Waals surface area contributed by atoms with Crippen LogP contribution in [0.3, 0.4) is 0 Å². The Kier molecular flexibility index (Phi) is 35.3. The van der Waals surface area contributed by atoms with Crippen LogP contribution in [0.2, 0.25) is 0 Å². The van der Waals surface area contributed by atoms with Crippen LogP contribution in [0.5, 0.6) is 0 Å². The third-order valence-corrected chi connectivity index (χ3v) is 56.7. The maximum Gasteiger partial charge on any atom is 0.0648 e. The summed E-state index contributed by atoms with van der Waals surface area (Å²) < 4.78 is 0. The Labute approximate surface area is 903 Å². The summed E-state index contributed by atoms with van der Waals surface area (Å²) in [6.07, 6.45) is 66.2. The monoisotopic (exact) mass is 2040 g/mol. The van der Waals surface area contributed by atoms with E-state index in [-0.39, 0.29) is 47.3 Å². The first-order chi connectivity index (χ1) is 69.1. The standard InChI is InChI=1S/C31H48O2.C29H52O2.C27H48O2.C26H46O2.C24H42O2/c1-21(28(32)15-10-22-8-6-5-7-9-22)25-13-14-26-24-12-11-23-20-29(2,33)18-19-30(23,3)27(24)16-17-31(25,26)4;1-7-29(31)17-16-27(5)21(18-29)9-10-22-24-12-11-23(28(24,6)15-14-25(22)27)20(4)26(30)13-8-19(2)3;1-6-8-24(28)18(3)21-11-12-22-20-10-9-19-17-27(29,7-2)16-15-25(19,4)23(20)13-14-26(21,22)5;1-6-23(27)17(3)20-10-11-21-19-9-8-18-16-26(28,7-2)15-14-24(18,4)22(19)12-13-25(20,21)5;1-15(16(2)25)19-8-9-20-18-7-6-17-14-22(3,26)12-13-23(17,4)21(18)10-11-24(19,20)5/h5-9,21,23-28,32-33H,10-20H2,1-4H3;19-26,30-31H,7-18H2,1-6H3;18-24,28-29H,6-17H2,1-5H3;17-23,27-28H,6-16H2,1-5H3;15-21,25-26H,6-14H2,1-5H3/t21-,23-,24-,25+,26-,27-,28-,29-,30-,31+;20-,21-,22-,23+,24-,25-,26+,27-,28+,29-;18-,19+,20-,21+,22-,23-,24-,25-,26+,27-;17-,18-,19-,20+,21-,22-,23-,24-,25+,26-;15-,16-,17+,18+,19-,20+,21+,22+,23+,24-/m00001/s1. The predicted molar refractivity (Wildman–Crippen MR) is 609 cm³/mol. The molecule has 20 saturated carbocycles. The molecule has 20 aliphatic carbocycles. The molecule has 20 aliphatic rings. The van der Waals surface area contributed by atoms with Crippen LogP contribution >= 0.6 is 0 Å². The highest BCUT2D eigenvalue weighted by Gasteiger charge is 2.70. The van der Waals surface area contributed by atoms with Crippen molar-refractivity contribution in [1.82, 2.24) is 0 Å². The summed E-state index contributed by atoms with van der Waals surface area (Å²) in [6, 6.07) is 10.7. The number of aryl methyl sites for hydroxylation is 1. The molecule has 0 spiro atoms. The van der Waals surface area contributed by atoms with Crippen molar-refractivity contribution in [3.8, 4) is 0 Å². The van der Waals surface area contributed by atoms with Gasteiger partial charge in [0.05, 0.1) is 58.5 Å². The number of aliphatic hydroxyl groups is 10. The van der Waals surface area contributed by atoms with Crippen molar-refractivity contribution in [2.45, 2.75) is 585 Å². The normalized spacial score (nSPS) is 51.1. The Hall–Kier alpha value is -1.18. The van der Waals surface area contributed by atoms with Gasteiger partial charge in [-0.1, -0.05) is 189 Å². The van der Waals surface area contributed by atoms with Crippen LogP contribution in [0.1, 0.15) is 525 Å². The fourth-order valence-corrected chi connectivity index (χ4v) is 46.6. The average molecular weight is 2040 g/mol. The molecule has 10 N–H and O–H groups in total. The van der Waals surface area contributed by atoms with Gasteiger partial charge in [0, 0.05) is 0 Å². The van der Waals surface area contributed by atoms with Crippen molar-refractivity contribution in [3.63, 3.8) is 0 Å². The van der Waals surface area contributed by atoms with Crippen molar-refractivity contribution in [3.05, 3.63) is 35.9 Å². The number of hydrogen-bond acceptors (Lipinski definition) is 10. The molecule has 20 fully saturated rings. The summed E-state index contributed by atoms with van der Waals surface area (Å²) in [5.74, 6) is 23.0. The van der Waals surface area contributed by atoms with Gasteiger partial charge >= 0.3 is 0 Å². The Morgan fingerprint density at radius 3 is 0.762 bits per heavy atom. The van der Waals surface area contributed by atoms with Crippen LogP contribution in [-0.4, -0.2) is 110 Å². The zero-order valence-corrected chi connectivity index (χ0v) is 100. The fraction of sp³-hybridized carbons (Fsp3) is 0.956. The quantitative estimate of drug-likeness (QED) is 0.0532. The molecule has 21 rings (SSSR count). The first kappa shape index (κ1) is 117. The van der Waals surface area contributed by atoms with Gasteiger partial charge in [0.25, 0.3) is 0 Å². The summed E-state index contributed by atoms with van der Waals surface area (Å²) >= 11 is 0. The third-order valence-electron chi connectivity index (χ3n) is 56.7. The molecule has 0 aromatic heterocycles. The van der Waals surface area contributed by atoms with E-state index in [1.807, 2.05) is 6.92 Å². The highest BCUT2D eigenvalue weighted by Crippen LogP contribution is 2.77. The van der Waals surface area contributed by atoms with Gasteiger partial charge in [-0.25, -0.2) is 0 Å². The Morgan fingerprint density at radius 1 is 0.245 bits per heavy atom. The molecule has 1 aromatic rings. The first-order valence-electron chi connectivity index (χ1n) is 65.2. The summed E-state index contributed by atoms with van der Waals surface area (Å²) in [5.41, 5.74) is 3.74. The molecule has 0 saturated heterocycles. The Morgan fingerprint density at radius 2 is 0.497 bits per heavy atom. The molecular formula is C137H236O10. The molecule has 0 unspecified atom stereocenters. The van der Waals surface area contributed by atoms with E-state index in [4.69, 9.17) is 0 Å². The number of aliphatic hydroxyl groups excluding tert-OH is 5. The van der Waals surface area contributed by atoms with Crippen LogP contribution in [0.4, 0.5) is 0 Å². The maximum atomic E-state index is 11.2. The van der Waals surface area contributed by atoms with E-state index in [1.165, 1.54) is 230 Å². The topological polar surface area (TPSA) is 202 Å². The van der Waals surface area contributed by atoms with E-state index in [2.05, 4.69) is 197 Å². The van der Waals surface area contributed by atoms with E-state index in [1.54, 1.807) is 0 Å². The molecule has 0 heterocycles. The second-order valence-corrected chi connectivity index (χ2v) is 63.2. The molecule has 10 nitrogen and oxygen atoms in total. The van der Waals surface area contributed by atoms with Crippen molar-refractivity contribution in [1.29, 1.82) is 0 Å². The van der Waals surface area contributed by atoms with Crippen LogP contribution in [0.15, 0.2) is 30.3 Å². The maximum absolute atomic E-state index is 11.2. The largest absolute Gasteiger partial charge is 0.393 e. The number of hydrogen-bond donors (Lipinski definition) is 10. The highest BCUT2D eigenvalue weighted by atomic mass is 16.3. The van der Waals surface area contributed by atoms with Gasteiger partial charge in [0.2, 0.25) is 0 Å². The molecule has 0 amide bonds. The summed E-state index contributed by atoms with van der Waals surface area (Å²) in [7, 11) is 0. The smallest absolute Gasteiger partial charge is 0.0648 e. The van der Waals surface area contributed by atoms with Crippen LogP contribution < -0.4 is 0 Å². The molecule has 0 aliphatic heterocycles. The van der Waals surface area contributed by atoms with Gasteiger partial charge in [0.1, 0.15) is 0 Å². The van der Waals surface area contributed by atoms with E-state index in [0.717, 1.165) is 241 Å². The first-order valence-corrected chi connectivity index (χ1v) is 65.2. The highest BCUT2D eigenvalue weighted by molar-refractivity contribution is 5.21. The lowest BCUT2D eigenvalue weighted by molar-refractivity contribution is -0.154. The minimum absolute atomic E-state index is 0.114. The van der Waals surface area contributed by atoms with Crippen molar-refractivity contribution < 1.29 is 51.1 Å². The summed E-state index contributed by atoms with van der Waals surface area (Å²) in [4.78, 5) is 0. The van der Waals surface area contributed by atoms with Crippen molar-refractivity contribution in [2.75, 3.05) is 0 Å². The molecule has 1 aromatic carbocycles. The predicted octanol–water partition coefficient (Wildman–Crippen LogP) is 32.4. The Balaban J connectivity index is 0.000000126. The lowest BCUT2D eigenvalue weighted by Crippen LogP contribution is -2.56. The second kappa shape index (κ2) is 44.4. The Bertz CT molecular complexity index is 4410. The number of rotatable bonds is 22. The van der Waals surface area contributed by atoms with Crippen molar-refractivity contribution >= 4 is 0 Å². The van der Waals surface area contributed by atoms with Gasteiger partial charge in [-0.15, -0.1) is 0 Å². The molecule has 147 heavy (non-hydrogen) atoms. The SMILES string of the molecule is CCC[C@H](O)[C@@H](C)[C@H]1CC[C@H]2[C@@H]3CC[C@@H]4C[C@](O)(CC)CC[C@]4(C)[C@H]3CC[C@]12C.CC[C@H](O)[C@@H](C)[C@H]1CC[C@H]2[C@@H]3CC[C@H]4C[C@](O)(CC)CC[C@]4(C)[C@H]3CC[C@]12C.CC[C@]1(O)CC[C@@]2(C)[C@@H](CC[C@@H]3[C@@H]2CC[C@]2(C)[C@@H]([C@H](C)[C@H](O)CCC(C)C)CC[C@@H]32)C1.C[C@@H]([C@H]1CC[C@H]2[C@@H]3CC[C@H]4C[C@@](C)(O)CC[C@]4(C)[C@H]3CC[C@]12C)[C@@H](C)O.C[C@@H]([C@H]1CC[C@H]2[C@@H]3CC[C@H]4C[C@@](C)(O)CC[C@]4(C)[C@H]3CC[C@]12C)[C@@H](O)CCc1ccccc1. The van der Waals surface area contributed by atoms with Gasteiger partial charge < -0.3 is 51.1 Å². The van der Waals surface area contributed by atoms with Gasteiger partial charge in [-0.3, -0.25) is 0 Å². The summed E-state index contributed by atoms with van der Waals surface area (Å²) in [6.45, 7) is 59.2. The lowest BCUT2D eigenvalue weighted by atomic mass is 9.43. The van der Waals surface area contributed by atoms with E-state index >= 15 is 0 Å². The zero-order valence-electron chi connectivity index (χ0n) is 100. The van der Waals surface area contributed by atoms with Gasteiger partial charge in [-0.2, -0.15) is 0 Å². The van der Waals surface area contributed by atoms with Gasteiger partial charge in [0.15, 0.2) is 0 Å². The van der Waals surface area contributed by atoms with Crippen LogP contribution in [0, 0.1) is 238 Å². The molecule has 10 heteroatoms. The zero-order chi connectivity index (χ0) is 106. The van der Waals surface area contributed by atoms with Crippen molar-refractivity contribution in [2.24, 2.45) is 238 Å². The summed E-state index contributed by atoms with van der Waals surface area (Å²) in [5, 5.41) is 108. The third kappa shape index (κ3) is 21.5. The minimum Gasteiger partial charge on any atom is -0.393 e. The molecule has 844 valence electrons. The lowest BCUT2D eigenvalue weighted by Gasteiger charge is -2.62. The minimum atomic E-state index is -0.441. The molecule has 50 atom stereocenters. The molecule has 0 bridgehead atoms. The fourth-order valence-electron chi connectivity index (χ4n) is 46.6. The van der Waals surface area contributed by atoms with Crippen LogP contribution in [-0.2, 0) is 6.42 Å². The molecule has 0 radical (unpaired) electrons. The molecular weight excluding hydrogens is 1810 g/mol. The van der Waals surface area contributed by atoms with Gasteiger partial charge in [-0.05, 0) is 611 Å². The second-order valence-electron chi connectivity index (χ2n) is 63.2. The van der Waals surface area contributed by atoms with E-state index in [0.29, 0.717) is 125 Å². The number of fused-ring (bicyclic) bond motifs is 25.